The van der Waals surface area contributed by atoms with Gasteiger partial charge in [-0.25, -0.2) is 8.42 Å². The lowest BCUT2D eigenvalue weighted by Gasteiger charge is -2.20. The highest BCUT2D eigenvalue weighted by atomic mass is 32.2. The van der Waals surface area contributed by atoms with Gasteiger partial charge in [-0.05, 0) is 35.4 Å². The second kappa shape index (κ2) is 4.98. The molecule has 0 spiro atoms. The molecule has 0 saturated heterocycles. The van der Waals surface area contributed by atoms with Crippen LogP contribution >= 0.6 is 22.7 Å². The molecule has 20 heavy (non-hydrogen) atoms. The van der Waals surface area contributed by atoms with Crippen molar-refractivity contribution in [1.82, 2.24) is 4.41 Å². The largest absolute Gasteiger partial charge is 0.247 e. The predicted octanol–water partition coefficient (Wildman–Crippen LogP) is 3.23. The van der Waals surface area contributed by atoms with E-state index in [-0.39, 0.29) is 6.04 Å². The summed E-state index contributed by atoms with van der Waals surface area (Å²) in [5, 5.41) is 8.33. The summed E-state index contributed by atoms with van der Waals surface area (Å²) < 4.78 is 25.2. The van der Waals surface area contributed by atoms with Gasteiger partial charge in [-0.2, -0.15) is 9.52 Å². The molecule has 106 valence electrons. The number of hydrogen-bond acceptors (Lipinski definition) is 5. The second-order valence-corrected chi connectivity index (χ2v) is 8.48. The molecule has 0 unspecified atom stereocenters. The molecule has 3 rings (SSSR count). The molecule has 2 aromatic heterocycles. The number of sulfonamides is 1. The zero-order valence-corrected chi connectivity index (χ0v) is 13.6. The molecule has 0 aromatic carbocycles. The molecule has 1 atom stereocenters. The molecule has 0 radical (unpaired) electrons. The van der Waals surface area contributed by atoms with Gasteiger partial charge in [-0.15, -0.1) is 22.7 Å². The highest BCUT2D eigenvalue weighted by Gasteiger charge is 2.36. The lowest BCUT2D eigenvalue weighted by atomic mass is 10.1. The lowest BCUT2D eigenvalue weighted by molar-refractivity contribution is 0.378. The Morgan fingerprint density at radius 3 is 2.65 bits per heavy atom. The summed E-state index contributed by atoms with van der Waals surface area (Å²) in [6.07, 6.45) is 1.85. The van der Waals surface area contributed by atoms with Crippen LogP contribution in [0.25, 0.3) is 0 Å². The molecular weight excluding hydrogens is 312 g/mol. The van der Waals surface area contributed by atoms with Crippen LogP contribution in [-0.4, -0.2) is 24.8 Å². The molecule has 0 saturated carbocycles. The van der Waals surface area contributed by atoms with Crippen molar-refractivity contribution in [3.63, 3.8) is 0 Å². The van der Waals surface area contributed by atoms with E-state index in [2.05, 4.69) is 5.10 Å². The topological polar surface area (TPSA) is 49.7 Å². The number of nitrogens with zero attached hydrogens (tertiary/aromatic N) is 2. The average molecular weight is 326 g/mol. The molecule has 3 heterocycles. The van der Waals surface area contributed by atoms with Crippen molar-refractivity contribution in [2.24, 2.45) is 5.10 Å². The molecule has 0 fully saturated rings. The van der Waals surface area contributed by atoms with Crippen LogP contribution in [0.1, 0.15) is 27.8 Å². The molecule has 1 aliphatic rings. The summed E-state index contributed by atoms with van der Waals surface area (Å²) >= 11 is 3.18. The third kappa shape index (κ3) is 2.41. The Labute approximate surface area is 126 Å². The minimum absolute atomic E-state index is 0.206. The van der Waals surface area contributed by atoms with Crippen LogP contribution in [0.2, 0.25) is 0 Å². The van der Waals surface area contributed by atoms with E-state index in [4.69, 9.17) is 0 Å². The Bertz CT molecular complexity index is 744. The van der Waals surface area contributed by atoms with Gasteiger partial charge in [0.1, 0.15) is 6.04 Å². The highest BCUT2D eigenvalue weighted by molar-refractivity contribution is 7.88. The first-order valence-electron chi connectivity index (χ1n) is 6.11. The van der Waals surface area contributed by atoms with Gasteiger partial charge < -0.3 is 0 Å². The van der Waals surface area contributed by atoms with Crippen LogP contribution in [0.5, 0.6) is 0 Å². The fourth-order valence-electron chi connectivity index (χ4n) is 2.31. The van der Waals surface area contributed by atoms with Crippen molar-refractivity contribution < 1.29 is 8.42 Å². The molecule has 0 aliphatic carbocycles. The first-order chi connectivity index (χ1) is 9.47. The minimum Gasteiger partial charge on any atom is -0.205 e. The van der Waals surface area contributed by atoms with Crippen molar-refractivity contribution in [3.05, 3.63) is 44.3 Å². The van der Waals surface area contributed by atoms with E-state index in [1.807, 2.05) is 35.9 Å². The monoisotopic (exact) mass is 326 g/mol. The van der Waals surface area contributed by atoms with E-state index >= 15 is 0 Å². The number of rotatable bonds is 3. The smallest absolute Gasteiger partial charge is 0.205 e. The molecule has 2 aromatic rings. The quantitative estimate of drug-likeness (QED) is 0.869. The van der Waals surface area contributed by atoms with E-state index in [0.717, 1.165) is 21.0 Å². The zero-order valence-electron chi connectivity index (χ0n) is 11.1. The van der Waals surface area contributed by atoms with Gasteiger partial charge in [0.2, 0.25) is 10.0 Å². The van der Waals surface area contributed by atoms with Crippen LogP contribution in [-0.2, 0) is 10.0 Å². The van der Waals surface area contributed by atoms with Gasteiger partial charge in [0.05, 0.1) is 16.8 Å². The van der Waals surface area contributed by atoms with Gasteiger partial charge in [-0.3, -0.25) is 0 Å². The first-order valence-corrected chi connectivity index (χ1v) is 9.72. The maximum absolute atomic E-state index is 12.0. The molecule has 0 amide bonds. The summed E-state index contributed by atoms with van der Waals surface area (Å²) in [6.45, 7) is 2.01. The Hall–Kier alpha value is -1.18. The maximum atomic E-state index is 12.0. The molecule has 1 aliphatic heterocycles. The van der Waals surface area contributed by atoms with Crippen LogP contribution in [0.15, 0.2) is 34.1 Å². The fourth-order valence-corrected chi connectivity index (χ4v) is 5.00. The van der Waals surface area contributed by atoms with E-state index in [0.29, 0.717) is 6.42 Å². The maximum Gasteiger partial charge on any atom is 0.247 e. The van der Waals surface area contributed by atoms with Crippen molar-refractivity contribution in [1.29, 1.82) is 0 Å². The van der Waals surface area contributed by atoms with Crippen molar-refractivity contribution in [2.45, 2.75) is 19.4 Å². The Morgan fingerprint density at radius 1 is 1.30 bits per heavy atom. The van der Waals surface area contributed by atoms with Crippen LogP contribution < -0.4 is 0 Å². The van der Waals surface area contributed by atoms with Crippen molar-refractivity contribution in [2.75, 3.05) is 6.26 Å². The molecule has 0 bridgehead atoms. The SMILES string of the molecule is Cc1ccsc1[C@H]1CC(c2cccs2)=NN1S(C)(=O)=O. The number of hydrogen-bond donors (Lipinski definition) is 0. The first kappa shape index (κ1) is 13.8. The summed E-state index contributed by atoms with van der Waals surface area (Å²) in [6, 6.07) is 5.75. The third-order valence-electron chi connectivity index (χ3n) is 3.22. The Morgan fingerprint density at radius 2 is 2.10 bits per heavy atom. The van der Waals surface area contributed by atoms with E-state index < -0.39 is 10.0 Å². The lowest BCUT2D eigenvalue weighted by Crippen LogP contribution is -2.25. The number of thiophene rings is 2. The zero-order chi connectivity index (χ0) is 14.3. The van der Waals surface area contributed by atoms with Crippen LogP contribution in [0.4, 0.5) is 0 Å². The summed E-state index contributed by atoms with van der Waals surface area (Å²) in [5.41, 5.74) is 1.97. The van der Waals surface area contributed by atoms with E-state index in [1.54, 1.807) is 22.7 Å². The van der Waals surface area contributed by atoms with Gasteiger partial charge in [0.25, 0.3) is 0 Å². The van der Waals surface area contributed by atoms with Gasteiger partial charge in [0.15, 0.2) is 0 Å². The molecule has 0 N–H and O–H groups in total. The average Bonchev–Trinajstić information content (AvgIpc) is 3.05. The number of aryl methyl sites for hydroxylation is 1. The summed E-state index contributed by atoms with van der Waals surface area (Å²) in [4.78, 5) is 2.11. The normalized spacial score (nSPS) is 19.4. The molecular formula is C13H14N2O2S3. The number of hydrazone groups is 1. The Balaban J connectivity index is 2.03. The van der Waals surface area contributed by atoms with Crippen LogP contribution in [0, 0.1) is 6.92 Å². The standard InChI is InChI=1S/C13H14N2O2S3/c1-9-5-7-19-13(9)11-8-10(12-4-3-6-18-12)14-15(11)20(2,16)17/h3-7,11H,8H2,1-2H3/t11-/m1/s1. The van der Waals surface area contributed by atoms with Crippen molar-refractivity contribution >= 4 is 38.4 Å². The Kier molecular flexibility index (Phi) is 3.43. The van der Waals surface area contributed by atoms with Gasteiger partial charge in [0, 0.05) is 11.3 Å². The highest BCUT2D eigenvalue weighted by Crippen LogP contribution is 2.38. The fraction of sp³-hybridized carbons (Fsp3) is 0.308. The van der Waals surface area contributed by atoms with Crippen LogP contribution in [0.3, 0.4) is 0 Å². The van der Waals surface area contributed by atoms with Crippen molar-refractivity contribution in [3.8, 4) is 0 Å². The summed E-state index contributed by atoms with van der Waals surface area (Å²) in [7, 11) is -3.36. The second-order valence-electron chi connectivity index (χ2n) is 4.75. The van der Waals surface area contributed by atoms with Gasteiger partial charge in [-0.1, -0.05) is 6.07 Å². The van der Waals surface area contributed by atoms with E-state index in [9.17, 15) is 8.42 Å². The minimum atomic E-state index is -3.36. The van der Waals surface area contributed by atoms with E-state index in [1.165, 1.54) is 10.7 Å². The summed E-state index contributed by atoms with van der Waals surface area (Å²) in [5.74, 6) is 0. The third-order valence-corrected chi connectivity index (χ3v) is 6.28. The molecule has 4 nitrogen and oxygen atoms in total. The predicted molar refractivity (Wildman–Crippen MR) is 84.0 cm³/mol. The van der Waals surface area contributed by atoms with Gasteiger partial charge >= 0.3 is 0 Å². The molecule has 7 heteroatoms.